The van der Waals surface area contributed by atoms with E-state index < -0.39 is 0 Å². The Morgan fingerprint density at radius 3 is 2.19 bits per heavy atom. The van der Waals surface area contributed by atoms with E-state index in [1.165, 1.54) is 23.6 Å². The molecule has 0 aliphatic carbocycles. The third-order valence-electron chi connectivity index (χ3n) is 8.84. The molecule has 2 aromatic carbocycles. The molecular weight excluding hydrogens is 460 g/mol. The zero-order valence-electron chi connectivity index (χ0n) is 21.8. The summed E-state index contributed by atoms with van der Waals surface area (Å²) in [5.74, 6) is 2.68. The second kappa shape index (κ2) is 8.28. The molecule has 4 aliphatic heterocycles. The molecule has 4 heterocycles. The molecule has 36 heavy (non-hydrogen) atoms. The number of hydrogen-bond acceptors (Lipinski definition) is 8. The summed E-state index contributed by atoms with van der Waals surface area (Å²) >= 11 is 0. The number of hydrogen-bond donors (Lipinski definition) is 0. The minimum Gasteiger partial charge on any atom is -0.493 e. The molecular formula is C28H34N2O6. The van der Waals surface area contributed by atoms with Crippen LogP contribution in [-0.4, -0.2) is 69.4 Å². The number of fused-ring (bicyclic) bond motifs is 6. The molecule has 2 aromatic rings. The van der Waals surface area contributed by atoms with E-state index in [-0.39, 0.29) is 29.6 Å². The molecule has 8 nitrogen and oxygen atoms in total. The van der Waals surface area contributed by atoms with Crippen molar-refractivity contribution in [1.29, 1.82) is 0 Å². The maximum Gasteiger partial charge on any atom is 0.302 e. The van der Waals surface area contributed by atoms with Crippen LogP contribution in [0.15, 0.2) is 24.3 Å². The van der Waals surface area contributed by atoms with E-state index in [2.05, 4.69) is 41.0 Å². The van der Waals surface area contributed by atoms with Crippen LogP contribution < -0.4 is 18.9 Å². The smallest absolute Gasteiger partial charge is 0.302 e. The first-order chi connectivity index (χ1) is 17.3. The number of methoxy groups -OCH3 is 4. The van der Waals surface area contributed by atoms with Gasteiger partial charge in [-0.3, -0.25) is 14.6 Å². The van der Waals surface area contributed by atoms with Gasteiger partial charge in [-0.1, -0.05) is 0 Å². The third-order valence-corrected chi connectivity index (χ3v) is 8.84. The number of benzene rings is 2. The highest BCUT2D eigenvalue weighted by atomic mass is 16.5. The molecule has 0 saturated carbocycles. The van der Waals surface area contributed by atoms with Gasteiger partial charge in [0, 0.05) is 31.1 Å². The van der Waals surface area contributed by atoms with Crippen molar-refractivity contribution >= 4 is 5.97 Å². The standard InChI is InChI=1S/C28H34N2O6/c1-15(31)36-14-22-18-9-24(33-4)23(32-3)8-16(18)7-21-27-19-10-25(34-5)26(35-6)11-20(19)28(2)12-17(30(27)28)13-29(21)22/h8-11,17,21-22,27H,7,12-14H2,1-6H3. The Balaban J connectivity index is 1.49. The molecule has 5 unspecified atom stereocenters. The first-order valence-electron chi connectivity index (χ1n) is 12.5. The average molecular weight is 495 g/mol. The fraction of sp³-hybridized carbons (Fsp3) is 0.536. The summed E-state index contributed by atoms with van der Waals surface area (Å²) in [6.45, 7) is 5.06. The van der Waals surface area contributed by atoms with E-state index in [0.717, 1.165) is 42.2 Å². The summed E-state index contributed by atoms with van der Waals surface area (Å²) in [4.78, 5) is 17.1. The fourth-order valence-corrected chi connectivity index (χ4v) is 7.39. The lowest BCUT2D eigenvalue weighted by Gasteiger charge is -2.64. The highest BCUT2D eigenvalue weighted by molar-refractivity contribution is 5.66. The van der Waals surface area contributed by atoms with Crippen LogP contribution >= 0.6 is 0 Å². The van der Waals surface area contributed by atoms with E-state index in [9.17, 15) is 4.79 Å². The zero-order valence-corrected chi connectivity index (χ0v) is 21.8. The number of esters is 1. The van der Waals surface area contributed by atoms with E-state index in [4.69, 9.17) is 23.7 Å². The molecule has 0 bridgehead atoms. The highest BCUT2D eigenvalue weighted by Gasteiger charge is 2.64. The number of piperazine rings is 1. The van der Waals surface area contributed by atoms with Gasteiger partial charge in [0.05, 0.1) is 40.5 Å². The summed E-state index contributed by atoms with van der Waals surface area (Å²) in [7, 11) is 6.71. The SMILES string of the molecule is COc1cc2c(cc1OC)C(COC(C)=O)N1CC3CC4(C)c5cc(OC)c(OC)cc5C(C1C2)N34. The molecule has 5 atom stereocenters. The Kier molecular flexibility index (Phi) is 5.39. The monoisotopic (exact) mass is 494 g/mol. The van der Waals surface area contributed by atoms with Crippen molar-refractivity contribution in [2.45, 2.75) is 56.4 Å². The summed E-state index contributed by atoms with van der Waals surface area (Å²) in [6.07, 6.45) is 1.94. The lowest BCUT2D eigenvalue weighted by molar-refractivity contribution is -0.169. The topological polar surface area (TPSA) is 69.7 Å². The molecule has 0 aromatic heterocycles. The van der Waals surface area contributed by atoms with Crippen molar-refractivity contribution < 1.29 is 28.5 Å². The Morgan fingerprint density at radius 2 is 1.56 bits per heavy atom. The summed E-state index contributed by atoms with van der Waals surface area (Å²) < 4.78 is 28.3. The molecule has 0 spiro atoms. The normalized spacial score (nSPS) is 29.7. The van der Waals surface area contributed by atoms with Crippen molar-refractivity contribution in [3.05, 3.63) is 46.5 Å². The Labute approximate surface area is 212 Å². The van der Waals surface area contributed by atoms with Crippen LogP contribution in [0, 0.1) is 0 Å². The van der Waals surface area contributed by atoms with Gasteiger partial charge in [0.2, 0.25) is 0 Å². The first kappa shape index (κ1) is 23.4. The van der Waals surface area contributed by atoms with E-state index >= 15 is 0 Å². The highest BCUT2D eigenvalue weighted by Crippen LogP contribution is 2.63. The maximum atomic E-state index is 11.9. The molecule has 6 rings (SSSR count). The first-order valence-corrected chi connectivity index (χ1v) is 12.5. The van der Waals surface area contributed by atoms with Gasteiger partial charge < -0.3 is 23.7 Å². The minimum atomic E-state index is -0.267. The van der Waals surface area contributed by atoms with Crippen LogP contribution in [0.3, 0.4) is 0 Å². The average Bonchev–Trinajstić information content (AvgIpc) is 3.09. The molecule has 0 amide bonds. The zero-order chi connectivity index (χ0) is 25.4. The van der Waals surface area contributed by atoms with Gasteiger partial charge in [0.25, 0.3) is 0 Å². The fourth-order valence-electron chi connectivity index (χ4n) is 7.39. The summed E-state index contributed by atoms with van der Waals surface area (Å²) in [6, 6.07) is 9.31. The van der Waals surface area contributed by atoms with Gasteiger partial charge in [-0.15, -0.1) is 0 Å². The summed E-state index contributed by atoms with van der Waals surface area (Å²) in [5, 5.41) is 0. The van der Waals surface area contributed by atoms with Crippen LogP contribution in [0.4, 0.5) is 0 Å². The van der Waals surface area contributed by atoms with Crippen molar-refractivity contribution in [2.24, 2.45) is 0 Å². The molecule has 0 radical (unpaired) electrons. The molecule has 8 heteroatoms. The second-order valence-electron chi connectivity index (χ2n) is 10.5. The minimum absolute atomic E-state index is 0.0143. The number of nitrogens with zero attached hydrogens (tertiary/aromatic N) is 2. The lowest BCUT2D eigenvalue weighted by atomic mass is 9.74. The van der Waals surface area contributed by atoms with Crippen molar-refractivity contribution in [3.8, 4) is 23.0 Å². The van der Waals surface area contributed by atoms with E-state index in [1.54, 1.807) is 28.4 Å². The van der Waals surface area contributed by atoms with Gasteiger partial charge in [-0.05, 0) is 66.3 Å². The van der Waals surface area contributed by atoms with Crippen molar-refractivity contribution in [1.82, 2.24) is 9.80 Å². The van der Waals surface area contributed by atoms with Gasteiger partial charge in [-0.2, -0.15) is 0 Å². The van der Waals surface area contributed by atoms with Crippen molar-refractivity contribution in [3.63, 3.8) is 0 Å². The van der Waals surface area contributed by atoms with Gasteiger partial charge in [0.1, 0.15) is 6.61 Å². The van der Waals surface area contributed by atoms with E-state index in [1.807, 2.05) is 0 Å². The second-order valence-corrected chi connectivity index (χ2v) is 10.5. The maximum absolute atomic E-state index is 11.9. The summed E-state index contributed by atoms with van der Waals surface area (Å²) in [5.41, 5.74) is 4.98. The number of carbonyl (C=O) groups excluding carboxylic acids is 1. The molecule has 192 valence electrons. The predicted octanol–water partition coefficient (Wildman–Crippen LogP) is 3.61. The van der Waals surface area contributed by atoms with Crippen LogP contribution in [0.1, 0.15) is 54.6 Å². The Morgan fingerprint density at radius 1 is 0.944 bits per heavy atom. The quantitative estimate of drug-likeness (QED) is 0.565. The van der Waals surface area contributed by atoms with Crippen LogP contribution in [0.5, 0.6) is 23.0 Å². The molecule has 4 aliphatic rings. The number of rotatable bonds is 6. The van der Waals surface area contributed by atoms with Crippen molar-refractivity contribution in [2.75, 3.05) is 41.6 Å². The predicted molar refractivity (Wildman–Crippen MR) is 133 cm³/mol. The third kappa shape index (κ3) is 3.10. The molecule has 0 N–H and O–H groups in total. The molecule has 2 fully saturated rings. The van der Waals surface area contributed by atoms with Gasteiger partial charge >= 0.3 is 5.97 Å². The van der Waals surface area contributed by atoms with Gasteiger partial charge in [0.15, 0.2) is 23.0 Å². The number of carbonyl (C=O) groups is 1. The Bertz CT molecular complexity index is 1230. The Hall–Kier alpha value is -2.97. The van der Waals surface area contributed by atoms with Crippen LogP contribution in [0.25, 0.3) is 0 Å². The van der Waals surface area contributed by atoms with Gasteiger partial charge in [-0.25, -0.2) is 0 Å². The van der Waals surface area contributed by atoms with E-state index in [0.29, 0.717) is 18.4 Å². The van der Waals surface area contributed by atoms with Crippen LogP contribution in [-0.2, 0) is 21.5 Å². The lowest BCUT2D eigenvalue weighted by Crippen LogP contribution is -2.71. The number of ether oxygens (including phenoxy) is 5. The largest absolute Gasteiger partial charge is 0.493 e. The molecule has 2 saturated heterocycles. The van der Waals surface area contributed by atoms with Crippen LogP contribution in [0.2, 0.25) is 0 Å².